The Morgan fingerprint density at radius 1 is 1.24 bits per heavy atom. The van der Waals surface area contributed by atoms with E-state index in [1.165, 1.54) is 4.57 Å². The Bertz CT molecular complexity index is 1320. The Labute approximate surface area is 191 Å². The fraction of sp³-hybridized carbons (Fsp3) is 0.360. The fourth-order valence-corrected chi connectivity index (χ4v) is 4.09. The van der Waals surface area contributed by atoms with Gasteiger partial charge in [0.15, 0.2) is 6.73 Å². The molecule has 0 saturated carbocycles. The Morgan fingerprint density at radius 3 is 2.67 bits per heavy atom. The largest absolute Gasteiger partial charge is 0.443 e. The quantitative estimate of drug-likeness (QED) is 0.578. The van der Waals surface area contributed by atoms with Gasteiger partial charge >= 0.3 is 5.97 Å². The smallest absolute Gasteiger partial charge is 0.312 e. The van der Waals surface area contributed by atoms with Crippen LogP contribution in [0.3, 0.4) is 0 Å². The Morgan fingerprint density at radius 2 is 1.97 bits per heavy atom. The summed E-state index contributed by atoms with van der Waals surface area (Å²) in [5, 5.41) is 3.88. The summed E-state index contributed by atoms with van der Waals surface area (Å²) >= 11 is 0. The number of nitrogens with one attached hydrogen (secondary N) is 1. The molecule has 3 N–H and O–H groups in total. The molecule has 0 radical (unpaired) electrons. The first kappa shape index (κ1) is 22.5. The lowest BCUT2D eigenvalue weighted by Gasteiger charge is -2.19. The zero-order chi connectivity index (χ0) is 23.9. The summed E-state index contributed by atoms with van der Waals surface area (Å²) in [6.07, 6.45) is 1.64. The highest BCUT2D eigenvalue weighted by atomic mass is 16.5. The molecule has 1 aliphatic rings. The van der Waals surface area contributed by atoms with Crippen molar-refractivity contribution in [2.45, 2.75) is 53.3 Å². The summed E-state index contributed by atoms with van der Waals surface area (Å²) < 4.78 is 6.73. The van der Waals surface area contributed by atoms with Crippen molar-refractivity contribution in [2.75, 3.05) is 5.32 Å². The maximum absolute atomic E-state index is 13.3. The Balaban J connectivity index is 1.69. The number of rotatable bonds is 5. The van der Waals surface area contributed by atoms with Crippen LogP contribution in [0.2, 0.25) is 0 Å². The van der Waals surface area contributed by atoms with Crippen molar-refractivity contribution in [1.82, 2.24) is 9.55 Å². The predicted molar refractivity (Wildman–Crippen MR) is 126 cm³/mol. The average Bonchev–Trinajstić information content (AvgIpc) is 3.13. The third kappa shape index (κ3) is 4.33. The van der Waals surface area contributed by atoms with E-state index in [9.17, 15) is 14.4 Å². The van der Waals surface area contributed by atoms with Crippen LogP contribution in [0.15, 0.2) is 41.2 Å². The Kier molecular flexibility index (Phi) is 5.69. The number of hydrogen-bond donors (Lipinski definition) is 2. The van der Waals surface area contributed by atoms with Gasteiger partial charge in [-0.15, -0.1) is 0 Å². The first-order valence-electron chi connectivity index (χ1n) is 10.9. The van der Waals surface area contributed by atoms with Gasteiger partial charge in [-0.05, 0) is 75.9 Å². The van der Waals surface area contributed by atoms with Crippen molar-refractivity contribution in [3.63, 3.8) is 0 Å². The lowest BCUT2D eigenvalue weighted by atomic mass is 9.98. The van der Waals surface area contributed by atoms with Gasteiger partial charge < -0.3 is 15.8 Å². The number of primary amides is 1. The molecule has 3 aromatic rings. The van der Waals surface area contributed by atoms with Crippen molar-refractivity contribution in [3.8, 4) is 0 Å². The summed E-state index contributed by atoms with van der Waals surface area (Å²) in [7, 11) is 0. The number of nitrogens with zero attached hydrogens (tertiary/aromatic N) is 2. The van der Waals surface area contributed by atoms with Gasteiger partial charge in [0.2, 0.25) is 0 Å². The third-order valence-electron chi connectivity index (χ3n) is 5.94. The van der Waals surface area contributed by atoms with Crippen LogP contribution in [0.4, 0.5) is 5.69 Å². The lowest BCUT2D eigenvalue weighted by Crippen LogP contribution is -2.30. The van der Waals surface area contributed by atoms with Crippen LogP contribution in [-0.4, -0.2) is 21.4 Å². The molecule has 0 fully saturated rings. The van der Waals surface area contributed by atoms with Gasteiger partial charge in [-0.3, -0.25) is 19.0 Å². The van der Waals surface area contributed by atoms with Crippen molar-refractivity contribution in [2.24, 2.45) is 11.1 Å². The van der Waals surface area contributed by atoms with E-state index in [-0.39, 0.29) is 24.3 Å². The number of fused-ring (bicyclic) bond motifs is 2. The van der Waals surface area contributed by atoms with Gasteiger partial charge in [-0.25, -0.2) is 4.98 Å². The van der Waals surface area contributed by atoms with Crippen LogP contribution in [0, 0.1) is 12.3 Å². The van der Waals surface area contributed by atoms with E-state index in [4.69, 9.17) is 10.5 Å². The molecule has 2 aromatic carbocycles. The second-order valence-corrected chi connectivity index (χ2v) is 9.42. The van der Waals surface area contributed by atoms with Crippen molar-refractivity contribution in [1.29, 1.82) is 0 Å². The molecule has 0 saturated heterocycles. The summed E-state index contributed by atoms with van der Waals surface area (Å²) in [5.41, 5.74) is 8.40. The molecule has 0 bridgehead atoms. The number of aromatic nitrogens is 2. The molecule has 1 heterocycles. The SMILES string of the molecule is Cc1nc2cc3c(cc2c(=O)n1COC(=O)C(C)(C)C)C(Nc1ccccc1C(N)=O)CC3. The molecule has 0 aliphatic heterocycles. The number of amides is 1. The van der Waals surface area contributed by atoms with Crippen LogP contribution >= 0.6 is 0 Å². The number of nitrogens with two attached hydrogens (primary N) is 1. The van der Waals surface area contributed by atoms with Crippen molar-refractivity contribution >= 4 is 28.5 Å². The van der Waals surface area contributed by atoms with Crippen LogP contribution in [0.5, 0.6) is 0 Å². The summed E-state index contributed by atoms with van der Waals surface area (Å²) in [5.74, 6) is -0.403. The standard InChI is InChI=1S/C25H28N4O4/c1-14-27-21-11-15-9-10-20(28-19-8-6-5-7-16(19)22(26)30)17(15)12-18(21)23(31)29(14)13-33-24(32)25(2,3)4/h5-8,11-12,20,28H,9-10,13H2,1-4H3,(H2,26,30). The van der Waals surface area contributed by atoms with E-state index in [1.807, 2.05) is 24.3 Å². The molecular weight excluding hydrogens is 420 g/mol. The molecule has 4 rings (SSSR count). The van der Waals surface area contributed by atoms with Gasteiger partial charge in [0.1, 0.15) is 5.82 Å². The van der Waals surface area contributed by atoms with E-state index in [0.29, 0.717) is 28.0 Å². The maximum atomic E-state index is 13.3. The number of esters is 1. The molecule has 8 nitrogen and oxygen atoms in total. The molecule has 8 heteroatoms. The minimum Gasteiger partial charge on any atom is -0.443 e. The molecule has 0 spiro atoms. The van der Waals surface area contributed by atoms with Crippen molar-refractivity contribution < 1.29 is 14.3 Å². The molecule has 1 aromatic heterocycles. The van der Waals surface area contributed by atoms with E-state index in [1.54, 1.807) is 39.8 Å². The summed E-state index contributed by atoms with van der Waals surface area (Å²) in [4.78, 5) is 41.8. The number of ether oxygens (including phenoxy) is 1. The molecule has 172 valence electrons. The minimum absolute atomic E-state index is 0.0715. The molecule has 33 heavy (non-hydrogen) atoms. The molecule has 1 aliphatic carbocycles. The average molecular weight is 449 g/mol. The number of para-hydroxylation sites is 1. The van der Waals surface area contributed by atoms with Gasteiger partial charge in [-0.1, -0.05) is 12.1 Å². The normalized spacial score (nSPS) is 15.3. The highest BCUT2D eigenvalue weighted by molar-refractivity contribution is 5.98. The van der Waals surface area contributed by atoms with Crippen LogP contribution in [-0.2, 0) is 22.7 Å². The molecule has 1 amide bonds. The van der Waals surface area contributed by atoms with E-state index in [0.717, 1.165) is 24.0 Å². The van der Waals surface area contributed by atoms with E-state index in [2.05, 4.69) is 10.3 Å². The minimum atomic E-state index is -0.664. The number of aryl methyl sites for hydroxylation is 2. The number of benzene rings is 2. The number of hydrogen-bond acceptors (Lipinski definition) is 6. The first-order chi connectivity index (χ1) is 15.6. The topological polar surface area (TPSA) is 116 Å². The van der Waals surface area contributed by atoms with Gasteiger partial charge in [0.05, 0.1) is 27.9 Å². The van der Waals surface area contributed by atoms with Crippen LogP contribution in [0.25, 0.3) is 10.9 Å². The first-order valence-corrected chi connectivity index (χ1v) is 10.9. The predicted octanol–water partition coefficient (Wildman–Crippen LogP) is 3.45. The number of carbonyl (C=O) groups excluding carboxylic acids is 2. The third-order valence-corrected chi connectivity index (χ3v) is 5.94. The second-order valence-electron chi connectivity index (χ2n) is 9.42. The van der Waals surface area contributed by atoms with Crippen molar-refractivity contribution in [3.05, 3.63) is 69.3 Å². The maximum Gasteiger partial charge on any atom is 0.312 e. The van der Waals surface area contributed by atoms with Crippen LogP contribution < -0.4 is 16.6 Å². The van der Waals surface area contributed by atoms with Gasteiger partial charge in [-0.2, -0.15) is 0 Å². The second kappa shape index (κ2) is 8.35. The molecular formula is C25H28N4O4. The number of carbonyl (C=O) groups is 2. The van der Waals surface area contributed by atoms with Gasteiger partial charge in [0.25, 0.3) is 11.5 Å². The fourth-order valence-electron chi connectivity index (χ4n) is 4.09. The van der Waals surface area contributed by atoms with E-state index < -0.39 is 11.3 Å². The summed E-state index contributed by atoms with van der Waals surface area (Å²) in [6.45, 7) is 6.82. The molecule has 1 unspecified atom stereocenters. The highest BCUT2D eigenvalue weighted by Crippen LogP contribution is 2.36. The Hall–Kier alpha value is -3.68. The van der Waals surface area contributed by atoms with Crippen LogP contribution in [0.1, 0.15) is 60.5 Å². The summed E-state index contributed by atoms with van der Waals surface area (Å²) in [6, 6.07) is 10.9. The lowest BCUT2D eigenvalue weighted by molar-refractivity contribution is -0.157. The van der Waals surface area contributed by atoms with Gasteiger partial charge in [0, 0.05) is 5.69 Å². The zero-order valence-electron chi connectivity index (χ0n) is 19.3. The zero-order valence-corrected chi connectivity index (χ0v) is 19.3. The van der Waals surface area contributed by atoms with E-state index >= 15 is 0 Å². The monoisotopic (exact) mass is 448 g/mol. The highest BCUT2D eigenvalue weighted by Gasteiger charge is 2.26. The molecule has 1 atom stereocenters. The number of anilines is 1.